The first-order valence-electron chi connectivity index (χ1n) is 7.65. The number of carbonyl (C=O) groups excluding carboxylic acids is 2. The van der Waals surface area contributed by atoms with E-state index in [-0.39, 0.29) is 22.4 Å². The maximum atomic E-state index is 12.8. The van der Waals surface area contributed by atoms with Gasteiger partial charge in [-0.25, -0.2) is 0 Å². The minimum atomic E-state index is -0.377. The Hall–Kier alpha value is -1.96. The van der Waals surface area contributed by atoms with Gasteiger partial charge in [-0.15, -0.1) is 0 Å². The largest absolute Gasteiger partial charge is 0.285 e. The average molecular weight is 296 g/mol. The lowest BCUT2D eigenvalue weighted by atomic mass is 9.70. The molecule has 1 aliphatic carbocycles. The van der Waals surface area contributed by atoms with Crippen molar-refractivity contribution in [3.8, 4) is 0 Å². The Kier molecular flexibility index (Phi) is 3.99. The molecule has 1 aliphatic rings. The van der Waals surface area contributed by atoms with Gasteiger partial charge in [-0.05, 0) is 28.0 Å². The van der Waals surface area contributed by atoms with Crippen molar-refractivity contribution in [2.24, 2.45) is 10.8 Å². The Morgan fingerprint density at radius 2 is 1.27 bits per heavy atom. The van der Waals surface area contributed by atoms with Crippen LogP contribution in [0.2, 0.25) is 0 Å². The van der Waals surface area contributed by atoms with E-state index in [0.29, 0.717) is 11.1 Å². The molecule has 0 bridgehead atoms. The third kappa shape index (κ3) is 2.96. The molecule has 1 aromatic rings. The standard InChI is InChI=1S/C20H24O2/c1-19(2,3)15-12-14(13-10-8-7-9-11-13)16(20(4,5)6)18(22)17(15)21/h7-12H,1-6H3. The van der Waals surface area contributed by atoms with Gasteiger partial charge in [0.15, 0.2) is 0 Å². The van der Waals surface area contributed by atoms with E-state index in [4.69, 9.17) is 0 Å². The SMILES string of the molecule is CC(C)(C)C1=CC(c2ccccc2)=C(C(C)(C)C)C(=O)C1=O. The van der Waals surface area contributed by atoms with Gasteiger partial charge in [0, 0.05) is 11.1 Å². The first-order valence-corrected chi connectivity index (χ1v) is 7.65. The van der Waals surface area contributed by atoms with E-state index in [1.165, 1.54) is 0 Å². The van der Waals surface area contributed by atoms with Crippen molar-refractivity contribution in [3.63, 3.8) is 0 Å². The lowest BCUT2D eigenvalue weighted by Crippen LogP contribution is -2.33. The molecule has 2 rings (SSSR count). The molecule has 0 amide bonds. The van der Waals surface area contributed by atoms with E-state index in [1.54, 1.807) is 0 Å². The number of Topliss-reactive ketones (excluding diaryl/α,β-unsaturated/α-hetero) is 2. The van der Waals surface area contributed by atoms with Crippen LogP contribution in [0.4, 0.5) is 0 Å². The van der Waals surface area contributed by atoms with E-state index < -0.39 is 0 Å². The van der Waals surface area contributed by atoms with Gasteiger partial charge in [0.1, 0.15) is 0 Å². The van der Waals surface area contributed by atoms with E-state index in [2.05, 4.69) is 0 Å². The summed E-state index contributed by atoms with van der Waals surface area (Å²) in [5, 5.41) is 0. The van der Waals surface area contributed by atoms with Crippen LogP contribution in [0.3, 0.4) is 0 Å². The molecule has 0 heterocycles. The molecule has 1 aromatic carbocycles. The minimum absolute atomic E-state index is 0.351. The van der Waals surface area contributed by atoms with Crippen molar-refractivity contribution in [3.05, 3.63) is 53.1 Å². The van der Waals surface area contributed by atoms with Crippen molar-refractivity contribution in [2.75, 3.05) is 0 Å². The normalized spacial score (nSPS) is 16.9. The fourth-order valence-corrected chi connectivity index (χ4v) is 2.79. The minimum Gasteiger partial charge on any atom is -0.285 e. The van der Waals surface area contributed by atoms with E-state index >= 15 is 0 Å². The van der Waals surface area contributed by atoms with Gasteiger partial charge in [-0.1, -0.05) is 71.9 Å². The predicted molar refractivity (Wildman–Crippen MR) is 90.4 cm³/mol. The topological polar surface area (TPSA) is 34.1 Å². The molecular formula is C20H24O2. The van der Waals surface area contributed by atoms with Gasteiger partial charge in [0.25, 0.3) is 0 Å². The van der Waals surface area contributed by atoms with Gasteiger partial charge in [0.2, 0.25) is 11.6 Å². The number of ketones is 2. The van der Waals surface area contributed by atoms with Crippen molar-refractivity contribution < 1.29 is 9.59 Å². The molecule has 0 aliphatic heterocycles. The van der Waals surface area contributed by atoms with Gasteiger partial charge < -0.3 is 0 Å². The van der Waals surface area contributed by atoms with Crippen LogP contribution in [-0.2, 0) is 9.59 Å². The third-order valence-corrected chi connectivity index (χ3v) is 3.88. The molecule has 0 aromatic heterocycles. The second kappa shape index (κ2) is 5.35. The first kappa shape index (κ1) is 16.4. The zero-order chi connectivity index (χ0) is 16.7. The van der Waals surface area contributed by atoms with E-state index in [1.807, 2.05) is 78.0 Å². The number of allylic oxidation sites excluding steroid dienone is 4. The molecule has 0 fully saturated rings. The number of rotatable bonds is 1. The molecule has 0 unspecified atom stereocenters. The van der Waals surface area contributed by atoms with Crippen LogP contribution >= 0.6 is 0 Å². The number of hydrogen-bond acceptors (Lipinski definition) is 2. The first-order chi connectivity index (χ1) is 10.0. The molecule has 0 saturated heterocycles. The summed E-state index contributed by atoms with van der Waals surface area (Å²) in [6, 6.07) is 9.83. The summed E-state index contributed by atoms with van der Waals surface area (Å²) in [5.74, 6) is -0.726. The summed E-state index contributed by atoms with van der Waals surface area (Å²) >= 11 is 0. The van der Waals surface area contributed by atoms with E-state index in [0.717, 1.165) is 11.1 Å². The summed E-state index contributed by atoms with van der Waals surface area (Å²) in [5.41, 5.74) is 2.33. The van der Waals surface area contributed by atoms with Crippen molar-refractivity contribution in [1.29, 1.82) is 0 Å². The summed E-state index contributed by atoms with van der Waals surface area (Å²) in [7, 11) is 0. The number of benzene rings is 1. The smallest absolute Gasteiger partial charge is 0.230 e. The monoisotopic (exact) mass is 296 g/mol. The zero-order valence-electron chi connectivity index (χ0n) is 14.3. The second-order valence-corrected chi connectivity index (χ2v) is 7.87. The predicted octanol–water partition coefficient (Wildman–Crippen LogP) is 4.61. The lowest BCUT2D eigenvalue weighted by molar-refractivity contribution is -0.133. The summed E-state index contributed by atoms with van der Waals surface area (Å²) in [4.78, 5) is 25.3. The molecule has 22 heavy (non-hydrogen) atoms. The van der Waals surface area contributed by atoms with Crippen molar-refractivity contribution >= 4 is 17.1 Å². The fraction of sp³-hybridized carbons (Fsp3) is 0.400. The maximum Gasteiger partial charge on any atom is 0.230 e. The average Bonchev–Trinajstić information content (AvgIpc) is 2.39. The summed E-state index contributed by atoms with van der Waals surface area (Å²) in [6.45, 7) is 11.8. The van der Waals surface area contributed by atoms with Crippen molar-refractivity contribution in [2.45, 2.75) is 41.5 Å². The highest BCUT2D eigenvalue weighted by molar-refractivity contribution is 6.52. The second-order valence-electron chi connectivity index (χ2n) is 7.87. The van der Waals surface area contributed by atoms with Crippen LogP contribution in [0.15, 0.2) is 47.6 Å². The summed E-state index contributed by atoms with van der Waals surface area (Å²) < 4.78 is 0. The molecule has 2 heteroatoms. The Morgan fingerprint density at radius 3 is 1.73 bits per heavy atom. The summed E-state index contributed by atoms with van der Waals surface area (Å²) in [6.07, 6.45) is 1.92. The molecule has 0 spiro atoms. The Balaban J connectivity index is 2.80. The van der Waals surface area contributed by atoms with Crippen LogP contribution in [0, 0.1) is 10.8 Å². The van der Waals surface area contributed by atoms with Crippen LogP contribution in [0.25, 0.3) is 5.57 Å². The Labute approximate surface area is 132 Å². The highest BCUT2D eigenvalue weighted by Gasteiger charge is 2.39. The molecular weight excluding hydrogens is 272 g/mol. The number of carbonyl (C=O) groups is 2. The molecule has 0 radical (unpaired) electrons. The number of hydrogen-bond donors (Lipinski definition) is 0. The fourth-order valence-electron chi connectivity index (χ4n) is 2.79. The Morgan fingerprint density at radius 1 is 0.727 bits per heavy atom. The third-order valence-electron chi connectivity index (χ3n) is 3.88. The highest BCUT2D eigenvalue weighted by atomic mass is 16.2. The van der Waals surface area contributed by atoms with Crippen LogP contribution < -0.4 is 0 Å². The van der Waals surface area contributed by atoms with Crippen molar-refractivity contribution in [1.82, 2.24) is 0 Å². The zero-order valence-corrected chi connectivity index (χ0v) is 14.3. The van der Waals surface area contributed by atoms with Gasteiger partial charge >= 0.3 is 0 Å². The highest BCUT2D eigenvalue weighted by Crippen LogP contribution is 2.41. The quantitative estimate of drug-likeness (QED) is 0.560. The van der Waals surface area contributed by atoms with Crippen LogP contribution in [-0.4, -0.2) is 11.6 Å². The van der Waals surface area contributed by atoms with E-state index in [9.17, 15) is 9.59 Å². The lowest BCUT2D eigenvalue weighted by Gasteiger charge is -2.31. The molecule has 0 N–H and O–H groups in total. The molecule has 116 valence electrons. The van der Waals surface area contributed by atoms with Gasteiger partial charge in [-0.3, -0.25) is 9.59 Å². The van der Waals surface area contributed by atoms with Gasteiger partial charge in [-0.2, -0.15) is 0 Å². The molecule has 2 nitrogen and oxygen atoms in total. The Bertz CT molecular complexity index is 675. The van der Waals surface area contributed by atoms with Crippen LogP contribution in [0.1, 0.15) is 47.1 Å². The molecule has 0 atom stereocenters. The maximum absolute atomic E-state index is 12.8. The van der Waals surface area contributed by atoms with Gasteiger partial charge in [0.05, 0.1) is 0 Å². The molecule has 0 saturated carbocycles. The van der Waals surface area contributed by atoms with Crippen LogP contribution in [0.5, 0.6) is 0 Å².